The highest BCUT2D eigenvalue weighted by Gasteiger charge is 2.30. The number of benzene rings is 1. The van der Waals surface area contributed by atoms with Gasteiger partial charge in [0.05, 0.1) is 11.3 Å². The first-order valence-corrected chi connectivity index (χ1v) is 7.17. The molecule has 1 aromatic carbocycles. The fraction of sp³-hybridized carbons (Fsp3) is 0.533. The second kappa shape index (κ2) is 5.45. The fourth-order valence-corrected chi connectivity index (χ4v) is 3.23. The van der Waals surface area contributed by atoms with Crippen LogP contribution >= 0.6 is 12.2 Å². The highest BCUT2D eigenvalue weighted by molar-refractivity contribution is 7.80. The van der Waals surface area contributed by atoms with E-state index in [2.05, 4.69) is 25.7 Å². The van der Waals surface area contributed by atoms with Crippen molar-refractivity contribution in [2.45, 2.75) is 33.2 Å². The Bertz CT molecular complexity index is 489. The minimum atomic E-state index is -0.330. The zero-order valence-corrected chi connectivity index (χ0v) is 12.5. The number of nitrogens with two attached hydrogens (primary N) is 1. The topological polar surface area (TPSA) is 29.3 Å². The van der Waals surface area contributed by atoms with Gasteiger partial charge in [-0.05, 0) is 37.3 Å². The van der Waals surface area contributed by atoms with Gasteiger partial charge in [-0.2, -0.15) is 0 Å². The number of hydrogen-bond acceptors (Lipinski definition) is 2. The number of rotatable bonds is 2. The van der Waals surface area contributed by atoms with E-state index in [9.17, 15) is 4.39 Å². The molecule has 3 atom stereocenters. The van der Waals surface area contributed by atoms with E-state index in [-0.39, 0.29) is 10.8 Å². The Morgan fingerprint density at radius 2 is 2.05 bits per heavy atom. The smallest absolute Gasteiger partial charge is 0.135 e. The van der Waals surface area contributed by atoms with Crippen molar-refractivity contribution in [2.75, 3.05) is 11.4 Å². The molecule has 0 radical (unpaired) electrons. The van der Waals surface area contributed by atoms with Crippen LogP contribution in [-0.4, -0.2) is 17.6 Å². The van der Waals surface area contributed by atoms with Gasteiger partial charge in [-0.3, -0.25) is 0 Å². The number of halogens is 1. The molecule has 4 heteroatoms. The molecule has 2 N–H and O–H groups in total. The first kappa shape index (κ1) is 14.3. The Hall–Kier alpha value is -1.16. The number of anilines is 1. The molecule has 0 aliphatic carbocycles. The largest absolute Gasteiger partial charge is 0.389 e. The molecule has 1 aliphatic rings. The van der Waals surface area contributed by atoms with Gasteiger partial charge in [-0.1, -0.05) is 32.1 Å². The van der Waals surface area contributed by atoms with Gasteiger partial charge in [-0.25, -0.2) is 4.39 Å². The van der Waals surface area contributed by atoms with Gasteiger partial charge in [0, 0.05) is 12.6 Å². The van der Waals surface area contributed by atoms with Gasteiger partial charge < -0.3 is 10.6 Å². The van der Waals surface area contributed by atoms with E-state index in [4.69, 9.17) is 18.0 Å². The van der Waals surface area contributed by atoms with E-state index >= 15 is 0 Å². The van der Waals surface area contributed by atoms with Crippen LogP contribution in [-0.2, 0) is 0 Å². The van der Waals surface area contributed by atoms with Crippen LogP contribution < -0.4 is 10.6 Å². The van der Waals surface area contributed by atoms with Crippen molar-refractivity contribution in [1.82, 2.24) is 0 Å². The van der Waals surface area contributed by atoms with E-state index in [1.807, 2.05) is 6.07 Å². The van der Waals surface area contributed by atoms with Crippen molar-refractivity contribution in [3.8, 4) is 0 Å². The highest BCUT2D eigenvalue weighted by atomic mass is 32.1. The zero-order valence-electron chi connectivity index (χ0n) is 11.7. The lowest BCUT2D eigenvalue weighted by Crippen LogP contribution is -2.46. The third kappa shape index (κ3) is 2.73. The second-order valence-corrected chi connectivity index (χ2v) is 6.15. The Kier molecular flexibility index (Phi) is 4.09. The van der Waals surface area contributed by atoms with Crippen molar-refractivity contribution < 1.29 is 4.39 Å². The van der Waals surface area contributed by atoms with Gasteiger partial charge >= 0.3 is 0 Å². The molecule has 0 bridgehead atoms. The third-order valence-electron chi connectivity index (χ3n) is 4.15. The molecular weight excluding hydrogens is 259 g/mol. The van der Waals surface area contributed by atoms with Crippen molar-refractivity contribution in [2.24, 2.45) is 17.6 Å². The molecule has 3 unspecified atom stereocenters. The second-order valence-electron chi connectivity index (χ2n) is 5.71. The predicted octanol–water partition coefficient (Wildman–Crippen LogP) is 3.33. The summed E-state index contributed by atoms with van der Waals surface area (Å²) < 4.78 is 14.0. The summed E-state index contributed by atoms with van der Waals surface area (Å²) in [6.45, 7) is 7.58. The van der Waals surface area contributed by atoms with Crippen molar-refractivity contribution in [1.29, 1.82) is 0 Å². The fourth-order valence-electron chi connectivity index (χ4n) is 3.03. The summed E-state index contributed by atoms with van der Waals surface area (Å²) in [6.07, 6.45) is 1.20. The minimum absolute atomic E-state index is 0.131. The minimum Gasteiger partial charge on any atom is -0.389 e. The van der Waals surface area contributed by atoms with Crippen molar-refractivity contribution in [3.05, 3.63) is 29.6 Å². The summed E-state index contributed by atoms with van der Waals surface area (Å²) in [5.74, 6) is 0.836. The molecule has 0 spiro atoms. The van der Waals surface area contributed by atoms with Crippen LogP contribution in [0.4, 0.5) is 10.1 Å². The molecular formula is C15H21FN2S. The van der Waals surface area contributed by atoms with E-state index in [0.29, 0.717) is 23.4 Å². The Balaban J connectivity index is 2.46. The molecule has 1 fully saturated rings. The Morgan fingerprint density at radius 1 is 1.37 bits per heavy atom. The lowest BCUT2D eigenvalue weighted by molar-refractivity contribution is 0.297. The van der Waals surface area contributed by atoms with Crippen LogP contribution in [0.25, 0.3) is 0 Å². The molecule has 1 heterocycles. The summed E-state index contributed by atoms with van der Waals surface area (Å²) in [6, 6.07) is 5.42. The molecule has 2 rings (SSSR count). The lowest BCUT2D eigenvalue weighted by Gasteiger charge is -2.43. The van der Waals surface area contributed by atoms with Crippen LogP contribution in [0.5, 0.6) is 0 Å². The standard InChI is InChI=1S/C15H21FN2S/c1-9-7-10(2)11(3)18(8-9)13-6-4-5-12(16)14(13)15(17)19/h4-6,9-11H,7-8H2,1-3H3,(H2,17,19). The molecule has 1 saturated heterocycles. The molecule has 1 aromatic rings. The van der Waals surface area contributed by atoms with E-state index < -0.39 is 0 Å². The van der Waals surface area contributed by atoms with Gasteiger partial charge in [0.15, 0.2) is 0 Å². The molecule has 0 amide bonds. The number of nitrogens with zero attached hydrogens (tertiary/aromatic N) is 1. The number of hydrogen-bond donors (Lipinski definition) is 1. The normalized spacial score (nSPS) is 27.4. The van der Waals surface area contributed by atoms with Gasteiger partial charge in [0.2, 0.25) is 0 Å². The van der Waals surface area contributed by atoms with Gasteiger partial charge in [-0.15, -0.1) is 0 Å². The van der Waals surface area contributed by atoms with Crippen LogP contribution in [0.15, 0.2) is 18.2 Å². The van der Waals surface area contributed by atoms with E-state index in [1.165, 1.54) is 12.5 Å². The Morgan fingerprint density at radius 3 is 2.68 bits per heavy atom. The monoisotopic (exact) mass is 280 g/mol. The zero-order chi connectivity index (χ0) is 14.2. The summed E-state index contributed by atoms with van der Waals surface area (Å²) in [5, 5.41) is 0. The van der Waals surface area contributed by atoms with E-state index in [1.54, 1.807) is 6.07 Å². The first-order chi connectivity index (χ1) is 8.91. The third-order valence-corrected chi connectivity index (χ3v) is 4.35. The summed E-state index contributed by atoms with van der Waals surface area (Å²) in [5.41, 5.74) is 6.91. The van der Waals surface area contributed by atoms with Crippen molar-refractivity contribution in [3.63, 3.8) is 0 Å². The maximum absolute atomic E-state index is 14.0. The molecule has 2 nitrogen and oxygen atoms in total. The number of thiocarbonyl (C=S) groups is 1. The molecule has 0 saturated carbocycles. The van der Waals surface area contributed by atoms with Crippen LogP contribution in [0.2, 0.25) is 0 Å². The first-order valence-electron chi connectivity index (χ1n) is 6.76. The summed E-state index contributed by atoms with van der Waals surface area (Å²) in [4.78, 5) is 2.38. The highest BCUT2D eigenvalue weighted by Crippen LogP contribution is 2.33. The van der Waals surface area contributed by atoms with Crippen molar-refractivity contribution >= 4 is 22.9 Å². The molecule has 1 aliphatic heterocycles. The van der Waals surface area contributed by atoms with E-state index in [0.717, 1.165) is 12.2 Å². The SMILES string of the molecule is CC1CC(C)C(C)N(c2cccc(F)c2C(N)=S)C1. The average Bonchev–Trinajstić information content (AvgIpc) is 2.33. The Labute approximate surface area is 119 Å². The predicted molar refractivity (Wildman–Crippen MR) is 82.0 cm³/mol. The molecule has 104 valence electrons. The van der Waals surface area contributed by atoms with Crippen LogP contribution in [0.1, 0.15) is 32.8 Å². The van der Waals surface area contributed by atoms with Crippen LogP contribution in [0.3, 0.4) is 0 Å². The maximum atomic E-state index is 14.0. The maximum Gasteiger partial charge on any atom is 0.135 e. The summed E-state index contributed by atoms with van der Waals surface area (Å²) >= 11 is 5.02. The van der Waals surface area contributed by atoms with Gasteiger partial charge in [0.25, 0.3) is 0 Å². The average molecular weight is 280 g/mol. The quantitative estimate of drug-likeness (QED) is 0.843. The molecule has 0 aromatic heterocycles. The van der Waals surface area contributed by atoms with Gasteiger partial charge in [0.1, 0.15) is 10.8 Å². The van der Waals surface area contributed by atoms with Crippen LogP contribution in [0, 0.1) is 17.7 Å². The lowest BCUT2D eigenvalue weighted by atomic mass is 9.85. The summed E-state index contributed by atoms with van der Waals surface area (Å²) in [7, 11) is 0. The molecule has 19 heavy (non-hydrogen) atoms. The number of piperidine rings is 1.